The number of ether oxygens (including phenoxy) is 1. The molecule has 0 spiro atoms. The minimum atomic E-state index is 0.553. The van der Waals surface area contributed by atoms with E-state index in [0.717, 1.165) is 31.7 Å². The van der Waals surface area contributed by atoms with Gasteiger partial charge in [0.25, 0.3) is 0 Å². The molecule has 0 aliphatic heterocycles. The third-order valence-corrected chi connectivity index (χ3v) is 3.83. The van der Waals surface area contributed by atoms with Crippen LogP contribution in [0.5, 0.6) is 5.75 Å². The third kappa shape index (κ3) is 4.91. The molecule has 1 atom stereocenters. The smallest absolute Gasteiger partial charge is 0.119 e. The fourth-order valence-corrected chi connectivity index (χ4v) is 2.60. The first kappa shape index (κ1) is 15.6. The molecule has 0 aliphatic carbocycles. The molecule has 112 valence electrons. The highest BCUT2D eigenvalue weighted by atomic mass is 16.5. The highest BCUT2D eigenvalue weighted by Crippen LogP contribution is 2.22. The lowest BCUT2D eigenvalue weighted by Crippen LogP contribution is -2.21. The van der Waals surface area contributed by atoms with Crippen LogP contribution in [-0.4, -0.2) is 20.2 Å². The standard InChI is InChI=1S/C19H25NO/c1-3-20-15-18(17-9-5-4-6-10-17)13-12-16-8-7-11-19(14-16)21-2/h4-11,14,18,20H,3,12-13,15H2,1-2H3. The molecule has 0 fully saturated rings. The molecule has 0 bridgehead atoms. The van der Waals surface area contributed by atoms with Gasteiger partial charge in [-0.3, -0.25) is 0 Å². The quantitative estimate of drug-likeness (QED) is 0.790. The van der Waals surface area contributed by atoms with Crippen molar-refractivity contribution in [2.45, 2.75) is 25.7 Å². The normalized spacial score (nSPS) is 12.1. The van der Waals surface area contributed by atoms with Crippen LogP contribution in [-0.2, 0) is 6.42 Å². The van der Waals surface area contributed by atoms with Crippen LogP contribution in [0.2, 0.25) is 0 Å². The molecule has 0 heterocycles. The second kappa shape index (κ2) is 8.48. The number of benzene rings is 2. The number of hydrogen-bond acceptors (Lipinski definition) is 2. The summed E-state index contributed by atoms with van der Waals surface area (Å²) in [5.41, 5.74) is 2.76. The fraction of sp³-hybridized carbons (Fsp3) is 0.368. The number of likely N-dealkylation sites (N-methyl/N-ethyl adjacent to an activating group) is 1. The van der Waals surface area contributed by atoms with Crippen molar-refractivity contribution in [1.82, 2.24) is 5.32 Å². The Kier molecular flexibility index (Phi) is 6.29. The number of methoxy groups -OCH3 is 1. The number of rotatable bonds is 8. The van der Waals surface area contributed by atoms with Crippen LogP contribution < -0.4 is 10.1 Å². The van der Waals surface area contributed by atoms with Gasteiger partial charge in [0.15, 0.2) is 0 Å². The second-order valence-electron chi connectivity index (χ2n) is 5.31. The summed E-state index contributed by atoms with van der Waals surface area (Å²) < 4.78 is 5.30. The predicted molar refractivity (Wildman–Crippen MR) is 89.0 cm³/mol. The van der Waals surface area contributed by atoms with E-state index in [1.807, 2.05) is 6.07 Å². The van der Waals surface area contributed by atoms with Crippen molar-refractivity contribution >= 4 is 0 Å². The Balaban J connectivity index is 2.01. The van der Waals surface area contributed by atoms with Crippen molar-refractivity contribution < 1.29 is 4.74 Å². The van der Waals surface area contributed by atoms with E-state index in [9.17, 15) is 0 Å². The van der Waals surface area contributed by atoms with Gasteiger partial charge in [0, 0.05) is 6.54 Å². The Morgan fingerprint density at radius 2 is 1.86 bits per heavy atom. The average molecular weight is 283 g/mol. The Bertz CT molecular complexity index is 524. The molecule has 2 aromatic carbocycles. The van der Waals surface area contributed by atoms with Gasteiger partial charge in [0.1, 0.15) is 5.75 Å². The lowest BCUT2D eigenvalue weighted by atomic mass is 9.92. The lowest BCUT2D eigenvalue weighted by molar-refractivity contribution is 0.414. The van der Waals surface area contributed by atoms with Crippen LogP contribution in [0.3, 0.4) is 0 Å². The zero-order valence-electron chi connectivity index (χ0n) is 13.0. The molecule has 2 nitrogen and oxygen atoms in total. The first-order chi connectivity index (χ1) is 10.3. The Labute approximate surface area is 128 Å². The van der Waals surface area contributed by atoms with Gasteiger partial charge in [-0.1, -0.05) is 49.4 Å². The first-order valence-electron chi connectivity index (χ1n) is 7.72. The van der Waals surface area contributed by atoms with Crippen molar-refractivity contribution in [2.75, 3.05) is 20.2 Å². The van der Waals surface area contributed by atoms with Gasteiger partial charge in [0.2, 0.25) is 0 Å². The van der Waals surface area contributed by atoms with Gasteiger partial charge in [0.05, 0.1) is 7.11 Å². The molecule has 1 unspecified atom stereocenters. The van der Waals surface area contributed by atoms with E-state index in [2.05, 4.69) is 60.8 Å². The fourth-order valence-electron chi connectivity index (χ4n) is 2.60. The monoisotopic (exact) mass is 283 g/mol. The predicted octanol–water partition coefficient (Wildman–Crippen LogP) is 4.02. The Morgan fingerprint density at radius 3 is 2.57 bits per heavy atom. The molecule has 0 saturated heterocycles. The van der Waals surface area contributed by atoms with Gasteiger partial charge in [-0.15, -0.1) is 0 Å². The zero-order valence-corrected chi connectivity index (χ0v) is 13.0. The van der Waals surface area contributed by atoms with E-state index in [1.165, 1.54) is 11.1 Å². The van der Waals surface area contributed by atoms with Crippen molar-refractivity contribution in [2.24, 2.45) is 0 Å². The summed E-state index contributed by atoms with van der Waals surface area (Å²) in [5.74, 6) is 1.49. The molecule has 1 N–H and O–H groups in total. The highest BCUT2D eigenvalue weighted by molar-refractivity contribution is 5.29. The Morgan fingerprint density at radius 1 is 1.05 bits per heavy atom. The average Bonchev–Trinajstić information content (AvgIpc) is 2.56. The van der Waals surface area contributed by atoms with E-state index in [4.69, 9.17) is 4.74 Å². The van der Waals surface area contributed by atoms with Crippen LogP contribution in [0.15, 0.2) is 54.6 Å². The maximum atomic E-state index is 5.30. The van der Waals surface area contributed by atoms with Crippen LogP contribution in [0.1, 0.15) is 30.4 Å². The molecular weight excluding hydrogens is 258 g/mol. The van der Waals surface area contributed by atoms with Crippen molar-refractivity contribution in [1.29, 1.82) is 0 Å². The minimum absolute atomic E-state index is 0.553. The maximum Gasteiger partial charge on any atom is 0.119 e. The molecule has 0 aliphatic rings. The summed E-state index contributed by atoms with van der Waals surface area (Å²) in [4.78, 5) is 0. The number of aryl methyl sites for hydroxylation is 1. The molecule has 2 heteroatoms. The summed E-state index contributed by atoms with van der Waals surface area (Å²) in [7, 11) is 1.72. The van der Waals surface area contributed by atoms with Gasteiger partial charge in [-0.2, -0.15) is 0 Å². The van der Waals surface area contributed by atoms with Gasteiger partial charge >= 0.3 is 0 Å². The SMILES string of the molecule is CCNCC(CCc1cccc(OC)c1)c1ccccc1. The largest absolute Gasteiger partial charge is 0.497 e. The first-order valence-corrected chi connectivity index (χ1v) is 7.72. The molecule has 2 aromatic rings. The zero-order chi connectivity index (χ0) is 14.9. The van der Waals surface area contributed by atoms with Crippen LogP contribution in [0, 0.1) is 0 Å². The maximum absolute atomic E-state index is 5.30. The summed E-state index contributed by atoms with van der Waals surface area (Å²) in [6, 6.07) is 19.2. The molecule has 0 amide bonds. The summed E-state index contributed by atoms with van der Waals surface area (Å²) >= 11 is 0. The van der Waals surface area contributed by atoms with Crippen molar-refractivity contribution in [3.63, 3.8) is 0 Å². The third-order valence-electron chi connectivity index (χ3n) is 3.83. The van der Waals surface area contributed by atoms with E-state index in [1.54, 1.807) is 7.11 Å². The summed E-state index contributed by atoms with van der Waals surface area (Å²) in [5, 5.41) is 3.48. The Hall–Kier alpha value is -1.80. The topological polar surface area (TPSA) is 21.3 Å². The lowest BCUT2D eigenvalue weighted by Gasteiger charge is -2.18. The van der Waals surface area contributed by atoms with Crippen molar-refractivity contribution in [3.05, 3.63) is 65.7 Å². The molecule has 0 aromatic heterocycles. The van der Waals surface area contributed by atoms with Crippen LogP contribution in [0.25, 0.3) is 0 Å². The van der Waals surface area contributed by atoms with E-state index in [0.29, 0.717) is 5.92 Å². The van der Waals surface area contributed by atoms with Crippen molar-refractivity contribution in [3.8, 4) is 5.75 Å². The van der Waals surface area contributed by atoms with E-state index >= 15 is 0 Å². The van der Waals surface area contributed by atoms with Crippen LogP contribution in [0.4, 0.5) is 0 Å². The molecule has 2 rings (SSSR count). The van der Waals surface area contributed by atoms with Gasteiger partial charge in [-0.25, -0.2) is 0 Å². The molecular formula is C19H25NO. The highest BCUT2D eigenvalue weighted by Gasteiger charge is 2.11. The molecule has 0 saturated carbocycles. The minimum Gasteiger partial charge on any atom is -0.497 e. The van der Waals surface area contributed by atoms with Gasteiger partial charge < -0.3 is 10.1 Å². The second-order valence-corrected chi connectivity index (χ2v) is 5.31. The van der Waals surface area contributed by atoms with E-state index < -0.39 is 0 Å². The number of hydrogen-bond donors (Lipinski definition) is 1. The van der Waals surface area contributed by atoms with Gasteiger partial charge in [-0.05, 0) is 48.6 Å². The summed E-state index contributed by atoms with van der Waals surface area (Å²) in [6.07, 6.45) is 2.21. The van der Waals surface area contributed by atoms with Crippen LogP contribution >= 0.6 is 0 Å². The molecule has 21 heavy (non-hydrogen) atoms. The summed E-state index contributed by atoms with van der Waals surface area (Å²) in [6.45, 7) is 4.21. The van der Waals surface area contributed by atoms with E-state index in [-0.39, 0.29) is 0 Å². The molecule has 0 radical (unpaired) electrons. The number of nitrogens with one attached hydrogen (secondary N) is 1.